The Morgan fingerprint density at radius 2 is 2.13 bits per heavy atom. The molecule has 0 saturated carbocycles. The molecule has 74 valence electrons. The van der Waals surface area contributed by atoms with Crippen LogP contribution in [0.3, 0.4) is 0 Å². The summed E-state index contributed by atoms with van der Waals surface area (Å²) in [6.45, 7) is 0. The minimum absolute atomic E-state index is 0.243. The molecule has 2 rings (SSSR count). The van der Waals surface area contributed by atoms with E-state index in [4.69, 9.17) is 5.26 Å². The number of H-pyrrole nitrogens is 1. The summed E-state index contributed by atoms with van der Waals surface area (Å²) in [5.74, 6) is 1.31. The second-order valence-corrected chi connectivity index (χ2v) is 3.07. The van der Waals surface area contributed by atoms with Crippen LogP contribution in [0, 0.1) is 11.3 Å². The summed E-state index contributed by atoms with van der Waals surface area (Å²) in [7, 11) is 0. The summed E-state index contributed by atoms with van der Waals surface area (Å²) < 4.78 is 0. The molecule has 15 heavy (non-hydrogen) atoms. The van der Waals surface area contributed by atoms with Crippen LogP contribution in [0.4, 0.5) is 0 Å². The third-order valence-electron chi connectivity index (χ3n) is 1.94. The van der Waals surface area contributed by atoms with Crippen molar-refractivity contribution in [1.29, 1.82) is 5.26 Å². The number of hydrogen-bond donors (Lipinski definition) is 1. The van der Waals surface area contributed by atoms with Crippen LogP contribution in [-0.4, -0.2) is 20.2 Å². The molecule has 5 nitrogen and oxygen atoms in total. The van der Waals surface area contributed by atoms with Crippen LogP contribution in [0.1, 0.15) is 17.2 Å². The Bertz CT molecular complexity index is 468. The molecule has 0 aromatic carbocycles. The highest BCUT2D eigenvalue weighted by Gasteiger charge is 2.03. The van der Waals surface area contributed by atoms with Crippen molar-refractivity contribution in [1.82, 2.24) is 20.2 Å². The third kappa shape index (κ3) is 2.38. The number of nitriles is 1. The molecular weight excluding hydrogens is 190 g/mol. The molecule has 0 aliphatic carbocycles. The van der Waals surface area contributed by atoms with Crippen molar-refractivity contribution in [2.24, 2.45) is 0 Å². The van der Waals surface area contributed by atoms with Crippen molar-refractivity contribution in [3.63, 3.8) is 0 Å². The van der Waals surface area contributed by atoms with Gasteiger partial charge in [0.2, 0.25) is 0 Å². The zero-order valence-electron chi connectivity index (χ0n) is 8.01. The van der Waals surface area contributed by atoms with Crippen molar-refractivity contribution < 1.29 is 0 Å². The topological polar surface area (TPSA) is 78.2 Å². The van der Waals surface area contributed by atoms with Gasteiger partial charge in [0.1, 0.15) is 5.82 Å². The largest absolute Gasteiger partial charge is 0.265 e. The highest BCUT2D eigenvalue weighted by atomic mass is 15.2. The molecule has 0 fully saturated rings. The molecule has 1 N–H and O–H groups in total. The van der Waals surface area contributed by atoms with Gasteiger partial charge in [-0.25, -0.2) is 4.98 Å². The van der Waals surface area contributed by atoms with E-state index in [1.807, 2.05) is 18.2 Å². The monoisotopic (exact) mass is 199 g/mol. The lowest BCUT2D eigenvalue weighted by molar-refractivity contribution is 0.962. The number of rotatable bonds is 3. The normalized spacial score (nSPS) is 9.80. The molecule has 0 unspecified atom stereocenters. The van der Waals surface area contributed by atoms with Crippen molar-refractivity contribution in [3.05, 3.63) is 41.7 Å². The Hall–Kier alpha value is -2.22. The number of aromatic amines is 1. The third-order valence-corrected chi connectivity index (χ3v) is 1.94. The van der Waals surface area contributed by atoms with Crippen LogP contribution >= 0.6 is 0 Å². The Morgan fingerprint density at radius 1 is 1.33 bits per heavy atom. The summed E-state index contributed by atoms with van der Waals surface area (Å²) in [4.78, 5) is 8.12. The standard InChI is InChI=1S/C10H9N5/c11-4-1-9-13-10(15-14-9)7-8-2-5-12-6-3-8/h2-3,5-6H,1,7H2,(H,13,14,15). The molecule has 0 saturated heterocycles. The first-order valence-corrected chi connectivity index (χ1v) is 4.54. The van der Waals surface area contributed by atoms with Gasteiger partial charge in [0, 0.05) is 18.8 Å². The Morgan fingerprint density at radius 3 is 2.87 bits per heavy atom. The maximum atomic E-state index is 8.47. The summed E-state index contributed by atoms with van der Waals surface area (Å²) in [6, 6.07) is 5.85. The molecule has 2 aromatic rings. The molecule has 5 heteroatoms. The Balaban J connectivity index is 2.09. The first-order chi connectivity index (χ1) is 7.38. The van der Waals surface area contributed by atoms with Gasteiger partial charge < -0.3 is 0 Å². The van der Waals surface area contributed by atoms with E-state index in [-0.39, 0.29) is 6.42 Å². The van der Waals surface area contributed by atoms with Gasteiger partial charge in [-0.3, -0.25) is 10.1 Å². The van der Waals surface area contributed by atoms with Gasteiger partial charge in [-0.15, -0.1) is 0 Å². The van der Waals surface area contributed by atoms with Gasteiger partial charge in [0.15, 0.2) is 5.82 Å². The van der Waals surface area contributed by atoms with Crippen molar-refractivity contribution >= 4 is 0 Å². The first-order valence-electron chi connectivity index (χ1n) is 4.54. The van der Waals surface area contributed by atoms with Crippen LogP contribution in [0.5, 0.6) is 0 Å². The van der Waals surface area contributed by atoms with Crippen molar-refractivity contribution in [3.8, 4) is 6.07 Å². The van der Waals surface area contributed by atoms with Crippen LogP contribution in [-0.2, 0) is 12.8 Å². The number of hydrogen-bond acceptors (Lipinski definition) is 4. The molecule has 0 bridgehead atoms. The van der Waals surface area contributed by atoms with Crippen LogP contribution in [0.25, 0.3) is 0 Å². The van der Waals surface area contributed by atoms with Crippen LogP contribution in [0.2, 0.25) is 0 Å². The van der Waals surface area contributed by atoms with Crippen molar-refractivity contribution in [2.75, 3.05) is 0 Å². The molecule has 0 amide bonds. The van der Waals surface area contributed by atoms with E-state index in [2.05, 4.69) is 20.2 Å². The average molecular weight is 199 g/mol. The van der Waals surface area contributed by atoms with E-state index < -0.39 is 0 Å². The lowest BCUT2D eigenvalue weighted by atomic mass is 10.2. The van der Waals surface area contributed by atoms with E-state index in [9.17, 15) is 0 Å². The minimum atomic E-state index is 0.243. The summed E-state index contributed by atoms with van der Waals surface area (Å²) in [5, 5.41) is 15.2. The average Bonchev–Trinajstić information content (AvgIpc) is 2.68. The van der Waals surface area contributed by atoms with Gasteiger partial charge >= 0.3 is 0 Å². The molecule has 0 aliphatic rings. The molecule has 2 heterocycles. The van der Waals surface area contributed by atoms with Crippen molar-refractivity contribution in [2.45, 2.75) is 12.8 Å². The predicted octanol–water partition coefficient (Wildman–Crippen LogP) is 0.857. The fraction of sp³-hybridized carbons (Fsp3) is 0.200. The van der Waals surface area contributed by atoms with Gasteiger partial charge in [0.05, 0.1) is 12.5 Å². The highest BCUT2D eigenvalue weighted by Crippen LogP contribution is 2.03. The van der Waals surface area contributed by atoms with E-state index in [1.54, 1.807) is 12.4 Å². The molecule has 2 aromatic heterocycles. The zero-order valence-corrected chi connectivity index (χ0v) is 8.01. The number of pyridine rings is 1. The quantitative estimate of drug-likeness (QED) is 0.795. The van der Waals surface area contributed by atoms with E-state index >= 15 is 0 Å². The number of nitrogens with zero attached hydrogens (tertiary/aromatic N) is 4. The first kappa shape index (κ1) is 9.34. The van der Waals surface area contributed by atoms with E-state index in [0.29, 0.717) is 12.2 Å². The van der Waals surface area contributed by atoms with E-state index in [0.717, 1.165) is 11.4 Å². The second-order valence-electron chi connectivity index (χ2n) is 3.07. The number of aromatic nitrogens is 4. The number of nitrogens with one attached hydrogen (secondary N) is 1. The smallest absolute Gasteiger partial charge is 0.164 e. The molecule has 0 atom stereocenters. The predicted molar refractivity (Wildman–Crippen MR) is 52.7 cm³/mol. The van der Waals surface area contributed by atoms with Gasteiger partial charge in [0.25, 0.3) is 0 Å². The van der Waals surface area contributed by atoms with Crippen LogP contribution in [0.15, 0.2) is 24.5 Å². The lowest BCUT2D eigenvalue weighted by Gasteiger charge is -1.94. The lowest BCUT2D eigenvalue weighted by Crippen LogP contribution is -1.91. The fourth-order valence-corrected chi connectivity index (χ4v) is 1.26. The molecular formula is C10H9N5. The Labute approximate surface area is 86.8 Å². The van der Waals surface area contributed by atoms with Crippen LogP contribution < -0.4 is 0 Å². The Kier molecular flexibility index (Phi) is 2.70. The molecule has 0 spiro atoms. The minimum Gasteiger partial charge on any atom is -0.265 e. The summed E-state index contributed by atoms with van der Waals surface area (Å²) in [5.41, 5.74) is 1.12. The van der Waals surface area contributed by atoms with E-state index in [1.165, 1.54) is 0 Å². The zero-order chi connectivity index (χ0) is 10.5. The SMILES string of the molecule is N#CCc1n[nH]c(Cc2ccncc2)n1. The second kappa shape index (κ2) is 4.33. The van der Waals surface area contributed by atoms with Gasteiger partial charge in [-0.05, 0) is 17.7 Å². The van der Waals surface area contributed by atoms with Gasteiger partial charge in [-0.2, -0.15) is 10.4 Å². The maximum Gasteiger partial charge on any atom is 0.164 e. The molecule has 0 aliphatic heterocycles. The maximum absolute atomic E-state index is 8.47. The van der Waals surface area contributed by atoms with Gasteiger partial charge in [-0.1, -0.05) is 0 Å². The molecule has 0 radical (unpaired) electrons. The summed E-state index contributed by atoms with van der Waals surface area (Å²) in [6.07, 6.45) is 4.40. The highest BCUT2D eigenvalue weighted by molar-refractivity contribution is 5.15. The summed E-state index contributed by atoms with van der Waals surface area (Å²) >= 11 is 0. The fourth-order valence-electron chi connectivity index (χ4n) is 1.26.